The van der Waals surface area contributed by atoms with Gasteiger partial charge in [-0.3, -0.25) is 9.36 Å². The van der Waals surface area contributed by atoms with E-state index in [1.54, 1.807) is 12.1 Å². The molecule has 0 amide bonds. The Kier molecular flexibility index (Phi) is 2.40. The maximum absolute atomic E-state index is 11.4. The van der Waals surface area contributed by atoms with Crippen molar-refractivity contribution in [3.63, 3.8) is 0 Å². The van der Waals surface area contributed by atoms with E-state index in [0.717, 1.165) is 4.57 Å². The summed E-state index contributed by atoms with van der Waals surface area (Å²) in [5.74, 6) is -1.24. The van der Waals surface area contributed by atoms with Crippen LogP contribution in [-0.4, -0.2) is 22.8 Å². The number of oxazole rings is 1. The molecule has 0 saturated carbocycles. The van der Waals surface area contributed by atoms with Gasteiger partial charge >= 0.3 is 11.7 Å². The van der Waals surface area contributed by atoms with Gasteiger partial charge in [-0.25, -0.2) is 4.79 Å². The number of hydrogen-bond acceptors (Lipinski definition) is 4. The number of fused-ring (bicyclic) bond motifs is 1. The van der Waals surface area contributed by atoms with E-state index >= 15 is 0 Å². The van der Waals surface area contributed by atoms with Crippen molar-refractivity contribution in [3.05, 3.63) is 28.7 Å². The van der Waals surface area contributed by atoms with Gasteiger partial charge in [-0.1, -0.05) is 0 Å². The van der Waals surface area contributed by atoms with Gasteiger partial charge in [0, 0.05) is 6.07 Å². The molecular weight excluding hydrogens is 214 g/mol. The smallest absolute Gasteiger partial charge is 0.420 e. The van der Waals surface area contributed by atoms with Crippen molar-refractivity contribution in [2.45, 2.75) is 6.54 Å². The van der Waals surface area contributed by atoms with Gasteiger partial charge in [0.15, 0.2) is 5.58 Å². The fraction of sp³-hybridized carbons (Fsp3) is 0.200. The molecule has 0 radical (unpaired) electrons. The van der Waals surface area contributed by atoms with Crippen molar-refractivity contribution in [1.29, 1.82) is 0 Å². The van der Waals surface area contributed by atoms with Gasteiger partial charge in [0.05, 0.1) is 12.6 Å². The molecule has 0 aliphatic heterocycles. The zero-order valence-electron chi connectivity index (χ0n) is 8.47. The topological polar surface area (TPSA) is 81.7 Å². The van der Waals surface area contributed by atoms with E-state index in [-0.39, 0.29) is 0 Å². The van der Waals surface area contributed by atoms with Crippen LogP contribution in [0.2, 0.25) is 0 Å². The van der Waals surface area contributed by atoms with E-state index in [4.69, 9.17) is 14.3 Å². The second-order valence-electron chi connectivity index (χ2n) is 3.18. The predicted molar refractivity (Wildman–Crippen MR) is 54.7 cm³/mol. The van der Waals surface area contributed by atoms with Crippen molar-refractivity contribution in [3.8, 4) is 5.75 Å². The molecule has 0 aliphatic rings. The number of nitrogens with zero attached hydrogens (tertiary/aromatic N) is 1. The van der Waals surface area contributed by atoms with Gasteiger partial charge in [-0.2, -0.15) is 0 Å². The van der Waals surface area contributed by atoms with Crippen LogP contribution >= 0.6 is 0 Å². The quantitative estimate of drug-likeness (QED) is 0.827. The first-order valence-electron chi connectivity index (χ1n) is 4.51. The highest BCUT2D eigenvalue weighted by Crippen LogP contribution is 2.19. The molecule has 0 fully saturated rings. The number of aliphatic carboxylic acids is 1. The normalized spacial score (nSPS) is 10.6. The van der Waals surface area contributed by atoms with Crippen LogP contribution in [0.1, 0.15) is 0 Å². The summed E-state index contributed by atoms with van der Waals surface area (Å²) in [5.41, 5.74) is 0.749. The fourth-order valence-corrected chi connectivity index (χ4v) is 1.46. The molecule has 0 spiro atoms. The summed E-state index contributed by atoms with van der Waals surface area (Å²) < 4.78 is 10.9. The second kappa shape index (κ2) is 3.73. The third-order valence-corrected chi connectivity index (χ3v) is 2.17. The summed E-state index contributed by atoms with van der Waals surface area (Å²) >= 11 is 0. The molecule has 1 N–H and O–H groups in total. The Morgan fingerprint density at radius 3 is 2.94 bits per heavy atom. The second-order valence-corrected chi connectivity index (χ2v) is 3.18. The molecule has 1 aromatic carbocycles. The van der Waals surface area contributed by atoms with Crippen LogP contribution in [0, 0.1) is 0 Å². The Labute approximate surface area is 89.7 Å². The first kappa shape index (κ1) is 10.3. The number of carboxylic acids is 1. The number of ether oxygens (including phenoxy) is 1. The number of carbonyl (C=O) groups is 1. The lowest BCUT2D eigenvalue weighted by atomic mass is 10.3. The number of aromatic nitrogens is 1. The van der Waals surface area contributed by atoms with Crippen molar-refractivity contribution in [1.82, 2.24) is 4.57 Å². The van der Waals surface area contributed by atoms with Crippen LogP contribution in [-0.2, 0) is 11.3 Å². The summed E-state index contributed by atoms with van der Waals surface area (Å²) in [6.45, 7) is -0.418. The average molecular weight is 223 g/mol. The van der Waals surface area contributed by atoms with Gasteiger partial charge in [0.2, 0.25) is 0 Å². The monoisotopic (exact) mass is 223 g/mol. The van der Waals surface area contributed by atoms with Crippen LogP contribution < -0.4 is 10.5 Å². The summed E-state index contributed by atoms with van der Waals surface area (Å²) in [5, 5.41) is 8.64. The minimum atomic E-state index is -1.10. The van der Waals surface area contributed by atoms with E-state index in [1.165, 1.54) is 13.2 Å². The van der Waals surface area contributed by atoms with Gasteiger partial charge in [0.25, 0.3) is 0 Å². The minimum Gasteiger partial charge on any atom is -0.497 e. The molecule has 0 atom stereocenters. The van der Waals surface area contributed by atoms with E-state index in [0.29, 0.717) is 16.8 Å². The van der Waals surface area contributed by atoms with Gasteiger partial charge in [-0.05, 0) is 12.1 Å². The van der Waals surface area contributed by atoms with Gasteiger partial charge in [0.1, 0.15) is 12.3 Å². The van der Waals surface area contributed by atoms with Crippen LogP contribution in [0.3, 0.4) is 0 Å². The first-order chi connectivity index (χ1) is 7.61. The molecule has 0 bridgehead atoms. The third-order valence-electron chi connectivity index (χ3n) is 2.17. The first-order valence-corrected chi connectivity index (χ1v) is 4.51. The summed E-state index contributed by atoms with van der Waals surface area (Å²) in [6.07, 6.45) is 0. The summed E-state index contributed by atoms with van der Waals surface area (Å²) in [7, 11) is 1.49. The highest BCUT2D eigenvalue weighted by atomic mass is 16.5. The number of rotatable bonds is 3. The lowest BCUT2D eigenvalue weighted by Crippen LogP contribution is -2.19. The maximum Gasteiger partial charge on any atom is 0.420 e. The number of carboxylic acid groups (broad SMARTS) is 1. The lowest BCUT2D eigenvalue weighted by Gasteiger charge is -1.99. The zero-order chi connectivity index (χ0) is 11.7. The minimum absolute atomic E-state index is 0.311. The van der Waals surface area contributed by atoms with Crippen LogP contribution in [0.15, 0.2) is 27.4 Å². The molecule has 6 heteroatoms. The van der Waals surface area contributed by atoms with E-state index in [1.807, 2.05) is 0 Å². The van der Waals surface area contributed by atoms with Crippen molar-refractivity contribution < 1.29 is 19.1 Å². The SMILES string of the molecule is COc1ccc2c(c1)oc(=O)n2CC(=O)O. The van der Waals surface area contributed by atoms with Crippen LogP contribution in [0.5, 0.6) is 5.75 Å². The predicted octanol–water partition coefficient (Wildman–Crippen LogP) is 0.688. The van der Waals surface area contributed by atoms with E-state index < -0.39 is 18.3 Å². The molecule has 16 heavy (non-hydrogen) atoms. The molecule has 0 unspecified atom stereocenters. The largest absolute Gasteiger partial charge is 0.497 e. The summed E-state index contributed by atoms with van der Waals surface area (Å²) in [4.78, 5) is 21.9. The molecule has 0 aliphatic carbocycles. The highest BCUT2D eigenvalue weighted by molar-refractivity contribution is 5.77. The number of benzene rings is 1. The Morgan fingerprint density at radius 1 is 1.56 bits per heavy atom. The number of methoxy groups -OCH3 is 1. The van der Waals surface area contributed by atoms with Crippen molar-refractivity contribution in [2.24, 2.45) is 0 Å². The Morgan fingerprint density at radius 2 is 2.31 bits per heavy atom. The fourth-order valence-electron chi connectivity index (χ4n) is 1.46. The highest BCUT2D eigenvalue weighted by Gasteiger charge is 2.12. The Bertz CT molecular complexity index is 595. The molecule has 0 saturated heterocycles. The molecule has 6 nitrogen and oxygen atoms in total. The van der Waals surface area contributed by atoms with Gasteiger partial charge in [-0.15, -0.1) is 0 Å². The van der Waals surface area contributed by atoms with Crippen molar-refractivity contribution in [2.75, 3.05) is 7.11 Å². The molecule has 84 valence electrons. The molecular formula is C10H9NO5. The van der Waals surface area contributed by atoms with Crippen LogP contribution in [0.25, 0.3) is 11.1 Å². The third kappa shape index (κ3) is 1.65. The van der Waals surface area contributed by atoms with Crippen molar-refractivity contribution >= 4 is 17.1 Å². The Balaban J connectivity index is 2.62. The standard InChI is InChI=1S/C10H9NO5/c1-15-6-2-3-7-8(4-6)16-10(14)11(7)5-9(12)13/h2-4H,5H2,1H3,(H,12,13). The Hall–Kier alpha value is -2.24. The molecule has 2 aromatic rings. The van der Waals surface area contributed by atoms with E-state index in [9.17, 15) is 9.59 Å². The average Bonchev–Trinajstić information content (AvgIpc) is 2.54. The van der Waals surface area contributed by atoms with Gasteiger partial charge < -0.3 is 14.3 Å². The summed E-state index contributed by atoms with van der Waals surface area (Å²) in [6, 6.07) is 4.76. The number of hydrogen-bond donors (Lipinski definition) is 1. The van der Waals surface area contributed by atoms with Crippen LogP contribution in [0.4, 0.5) is 0 Å². The lowest BCUT2D eigenvalue weighted by molar-refractivity contribution is -0.137. The van der Waals surface area contributed by atoms with E-state index in [2.05, 4.69) is 0 Å². The zero-order valence-corrected chi connectivity index (χ0v) is 8.47. The molecule has 1 aromatic heterocycles. The molecule has 2 rings (SSSR count). The maximum atomic E-state index is 11.4. The molecule has 1 heterocycles.